The van der Waals surface area contributed by atoms with Gasteiger partial charge in [-0.2, -0.15) is 0 Å². The molecule has 368 valence electrons. The normalized spacial score (nSPS) is 11.4. The van der Waals surface area contributed by atoms with E-state index in [9.17, 15) is 29.1 Å². The molecule has 64 heavy (non-hydrogen) atoms. The van der Waals surface area contributed by atoms with E-state index in [0.29, 0.717) is 19.6 Å². The standard InChI is InChI=1S/C54H96N4O6/c1-4-7-10-13-16-19-22-25-28-31-44-55-49(59)38-41-54(58-52(62)47-34-36-48(37-35-47)53(63)64,42-39-50(60)56-45-32-29-26-23-20-17-14-11-8-5-2)43-40-51(61)57-46-33-30-27-24-21-18-15-12-9-6-3/h34-37H,4-33,38-46H2,1-3H3,(H,55,59)(H,56,60)(H,57,61)(H,58,62)(H,63,64). The molecule has 0 spiro atoms. The van der Waals surface area contributed by atoms with Gasteiger partial charge in [0.2, 0.25) is 17.7 Å². The summed E-state index contributed by atoms with van der Waals surface area (Å²) < 4.78 is 0. The molecule has 1 rings (SSSR count). The minimum atomic E-state index is -1.09. The lowest BCUT2D eigenvalue weighted by molar-refractivity contribution is -0.121. The van der Waals surface area contributed by atoms with Crippen molar-refractivity contribution < 1.29 is 29.1 Å². The van der Waals surface area contributed by atoms with Crippen LogP contribution in [0.4, 0.5) is 0 Å². The van der Waals surface area contributed by atoms with E-state index in [0.717, 1.165) is 57.8 Å². The van der Waals surface area contributed by atoms with Crippen molar-refractivity contribution in [1.29, 1.82) is 0 Å². The van der Waals surface area contributed by atoms with Crippen molar-refractivity contribution >= 4 is 29.6 Å². The SMILES string of the molecule is CCCCCCCCCCCCNC(=O)CCC(CCC(=O)NCCCCCCCCCCCC)(CCC(=O)NCCCCCCCCCCCC)NC(=O)c1ccc(C(=O)O)cc1. The molecule has 0 saturated carbocycles. The number of unbranched alkanes of at least 4 members (excludes halogenated alkanes) is 27. The molecule has 0 saturated heterocycles. The summed E-state index contributed by atoms with van der Waals surface area (Å²) in [6, 6.07) is 5.73. The highest BCUT2D eigenvalue weighted by molar-refractivity contribution is 5.96. The number of hydrogen-bond donors (Lipinski definition) is 5. The smallest absolute Gasteiger partial charge is 0.335 e. The quantitative estimate of drug-likeness (QED) is 0.0411. The fourth-order valence-electron chi connectivity index (χ4n) is 8.48. The van der Waals surface area contributed by atoms with Crippen molar-refractivity contribution in [1.82, 2.24) is 21.3 Å². The van der Waals surface area contributed by atoms with Crippen LogP contribution in [0.5, 0.6) is 0 Å². The summed E-state index contributed by atoms with van der Waals surface area (Å²) in [4.78, 5) is 65.3. The van der Waals surface area contributed by atoms with Crippen LogP contribution in [0.1, 0.15) is 273 Å². The molecule has 0 atom stereocenters. The van der Waals surface area contributed by atoms with Crippen LogP contribution in [0.3, 0.4) is 0 Å². The van der Waals surface area contributed by atoms with E-state index < -0.39 is 17.4 Å². The van der Waals surface area contributed by atoms with E-state index in [1.807, 2.05) is 0 Å². The molecule has 10 nitrogen and oxygen atoms in total. The van der Waals surface area contributed by atoms with Crippen LogP contribution in [0.2, 0.25) is 0 Å². The van der Waals surface area contributed by atoms with Gasteiger partial charge in [-0.1, -0.05) is 194 Å². The number of carboxylic acids is 1. The van der Waals surface area contributed by atoms with E-state index >= 15 is 0 Å². The van der Waals surface area contributed by atoms with E-state index in [1.54, 1.807) is 0 Å². The summed E-state index contributed by atoms with van der Waals surface area (Å²) in [5.74, 6) is -1.86. The van der Waals surface area contributed by atoms with Crippen LogP contribution in [-0.4, -0.2) is 59.9 Å². The first-order valence-electron chi connectivity index (χ1n) is 26.6. The van der Waals surface area contributed by atoms with Crippen LogP contribution >= 0.6 is 0 Å². The van der Waals surface area contributed by atoms with E-state index in [1.165, 1.54) is 159 Å². The molecule has 10 heteroatoms. The Kier molecular flexibility index (Phi) is 37.6. The van der Waals surface area contributed by atoms with Crippen LogP contribution in [-0.2, 0) is 14.4 Å². The van der Waals surface area contributed by atoms with Gasteiger partial charge in [0, 0.05) is 50.0 Å². The summed E-state index contributed by atoms with van der Waals surface area (Å²) in [6.07, 6.45) is 37.6. The molecule has 0 aliphatic rings. The van der Waals surface area contributed by atoms with Gasteiger partial charge in [0.05, 0.1) is 5.56 Å². The maximum absolute atomic E-state index is 13.9. The molecule has 1 aromatic rings. The maximum atomic E-state index is 13.9. The molecule has 0 aliphatic heterocycles. The van der Waals surface area contributed by atoms with Gasteiger partial charge in [0.15, 0.2) is 0 Å². The van der Waals surface area contributed by atoms with Gasteiger partial charge in [-0.05, 0) is 62.8 Å². The number of benzene rings is 1. The van der Waals surface area contributed by atoms with Crippen LogP contribution in [0.15, 0.2) is 24.3 Å². The van der Waals surface area contributed by atoms with Crippen LogP contribution in [0, 0.1) is 0 Å². The van der Waals surface area contributed by atoms with Gasteiger partial charge in [0.1, 0.15) is 0 Å². The minimum Gasteiger partial charge on any atom is -0.478 e. The number of hydrogen-bond acceptors (Lipinski definition) is 5. The Morgan fingerprint density at radius 2 is 0.641 bits per heavy atom. The average molecular weight is 897 g/mol. The Morgan fingerprint density at radius 3 is 0.906 bits per heavy atom. The molecule has 0 bridgehead atoms. The van der Waals surface area contributed by atoms with Gasteiger partial charge in [0.25, 0.3) is 5.91 Å². The van der Waals surface area contributed by atoms with E-state index in [2.05, 4.69) is 42.0 Å². The number of carbonyl (C=O) groups is 5. The zero-order chi connectivity index (χ0) is 46.8. The van der Waals surface area contributed by atoms with Crippen molar-refractivity contribution in [3.63, 3.8) is 0 Å². The molecule has 0 aliphatic carbocycles. The second kappa shape index (κ2) is 41.0. The second-order valence-corrected chi connectivity index (χ2v) is 18.7. The Balaban J connectivity index is 2.91. The zero-order valence-electron chi connectivity index (χ0n) is 41.4. The number of rotatable bonds is 45. The molecule has 0 radical (unpaired) electrons. The Bertz CT molecular complexity index is 1230. The lowest BCUT2D eigenvalue weighted by atomic mass is 9.82. The lowest BCUT2D eigenvalue weighted by Crippen LogP contribution is -2.50. The molecule has 1 aromatic carbocycles. The fraction of sp³-hybridized carbons (Fsp3) is 0.796. The molecule has 0 unspecified atom stereocenters. The molecular weight excluding hydrogens is 801 g/mol. The zero-order valence-corrected chi connectivity index (χ0v) is 41.4. The lowest BCUT2D eigenvalue weighted by Gasteiger charge is -2.35. The van der Waals surface area contributed by atoms with Gasteiger partial charge < -0.3 is 26.4 Å². The summed E-state index contributed by atoms with van der Waals surface area (Å²) in [5.41, 5.74) is -0.685. The Hall–Kier alpha value is -3.43. The van der Waals surface area contributed by atoms with Crippen molar-refractivity contribution in [3.05, 3.63) is 35.4 Å². The fourth-order valence-corrected chi connectivity index (χ4v) is 8.48. The minimum absolute atomic E-state index is 0.0695. The highest BCUT2D eigenvalue weighted by atomic mass is 16.4. The summed E-state index contributed by atoms with van der Waals surface area (Å²) in [7, 11) is 0. The third-order valence-corrected chi connectivity index (χ3v) is 12.8. The molecule has 0 heterocycles. The highest BCUT2D eigenvalue weighted by Gasteiger charge is 2.34. The third-order valence-electron chi connectivity index (χ3n) is 12.8. The molecule has 4 amide bonds. The topological polar surface area (TPSA) is 154 Å². The van der Waals surface area contributed by atoms with Crippen molar-refractivity contribution in [3.8, 4) is 0 Å². The Labute approximate surface area is 391 Å². The van der Waals surface area contributed by atoms with Crippen molar-refractivity contribution in [2.75, 3.05) is 19.6 Å². The molecule has 5 N–H and O–H groups in total. The van der Waals surface area contributed by atoms with E-state index in [4.69, 9.17) is 0 Å². The second-order valence-electron chi connectivity index (χ2n) is 18.7. The summed E-state index contributed by atoms with van der Waals surface area (Å²) >= 11 is 0. The van der Waals surface area contributed by atoms with E-state index in [-0.39, 0.29) is 67.4 Å². The average Bonchev–Trinajstić information content (AvgIpc) is 3.29. The highest BCUT2D eigenvalue weighted by Crippen LogP contribution is 2.27. The number of carbonyl (C=O) groups excluding carboxylic acids is 4. The van der Waals surface area contributed by atoms with Crippen LogP contribution in [0.25, 0.3) is 0 Å². The monoisotopic (exact) mass is 897 g/mol. The Morgan fingerprint density at radius 1 is 0.391 bits per heavy atom. The number of carboxylic acid groups (broad SMARTS) is 1. The largest absolute Gasteiger partial charge is 0.478 e. The van der Waals surface area contributed by atoms with Gasteiger partial charge in [-0.15, -0.1) is 0 Å². The number of amides is 4. The predicted molar refractivity (Wildman–Crippen MR) is 266 cm³/mol. The van der Waals surface area contributed by atoms with Crippen LogP contribution < -0.4 is 21.3 Å². The van der Waals surface area contributed by atoms with Crippen molar-refractivity contribution in [2.24, 2.45) is 0 Å². The third kappa shape index (κ3) is 33.1. The first kappa shape index (κ1) is 58.6. The first-order valence-corrected chi connectivity index (χ1v) is 26.6. The predicted octanol–water partition coefficient (Wildman–Crippen LogP) is 13.3. The van der Waals surface area contributed by atoms with Crippen molar-refractivity contribution in [2.45, 2.75) is 257 Å². The maximum Gasteiger partial charge on any atom is 0.335 e. The molecular formula is C54H96N4O6. The molecule has 0 aromatic heterocycles. The van der Waals surface area contributed by atoms with Gasteiger partial charge in [-0.3, -0.25) is 19.2 Å². The number of aromatic carboxylic acids is 1. The first-order chi connectivity index (χ1) is 31.2. The summed E-state index contributed by atoms with van der Waals surface area (Å²) in [5, 5.41) is 21.8. The van der Waals surface area contributed by atoms with Gasteiger partial charge >= 0.3 is 5.97 Å². The summed E-state index contributed by atoms with van der Waals surface area (Å²) in [6.45, 7) is 8.49. The van der Waals surface area contributed by atoms with Gasteiger partial charge in [-0.25, -0.2) is 4.79 Å². The molecule has 0 fully saturated rings. The number of nitrogens with one attached hydrogen (secondary N) is 4.